The second-order valence-corrected chi connectivity index (χ2v) is 6.85. The number of benzene rings is 2. The lowest BCUT2D eigenvalue weighted by Gasteiger charge is -2.08. The Balaban J connectivity index is 1.72. The number of aromatic hydroxyl groups is 1. The van der Waals surface area contributed by atoms with Crippen LogP contribution < -0.4 is 16.7 Å². The maximum absolute atomic E-state index is 13.1. The number of nitrogens with one attached hydrogen (secondary N) is 1. The standard InChI is InChI=1S/C21H20N6O3/c1-25-17-18(23-20(25)24-22-12-14-8-10-16(28)11-9-14)26(2)21(30)27(19(17)29)13-15-6-4-3-5-7-15/h3-12,28H,13H2,1-2H3,(H,23,24). The number of phenolic OH excluding ortho intramolecular Hbond substituents is 1. The van der Waals surface area contributed by atoms with Crippen LogP contribution in [0.15, 0.2) is 69.3 Å². The summed E-state index contributed by atoms with van der Waals surface area (Å²) in [7, 11) is 3.27. The molecule has 0 amide bonds. The fourth-order valence-electron chi connectivity index (χ4n) is 3.17. The summed E-state index contributed by atoms with van der Waals surface area (Å²) in [4.78, 5) is 30.2. The molecule has 0 radical (unpaired) electrons. The Morgan fingerprint density at radius 1 is 1.03 bits per heavy atom. The first-order chi connectivity index (χ1) is 14.5. The van der Waals surface area contributed by atoms with Gasteiger partial charge in [-0.25, -0.2) is 10.2 Å². The van der Waals surface area contributed by atoms with Crippen LogP contribution in [0.3, 0.4) is 0 Å². The predicted molar refractivity (Wildman–Crippen MR) is 115 cm³/mol. The van der Waals surface area contributed by atoms with Crippen LogP contribution in [0.5, 0.6) is 5.75 Å². The predicted octanol–water partition coefficient (Wildman–Crippen LogP) is 1.63. The van der Waals surface area contributed by atoms with Crippen molar-refractivity contribution in [2.24, 2.45) is 19.2 Å². The van der Waals surface area contributed by atoms with E-state index in [4.69, 9.17) is 0 Å². The van der Waals surface area contributed by atoms with Gasteiger partial charge in [-0.15, -0.1) is 0 Å². The lowest BCUT2D eigenvalue weighted by molar-refractivity contribution is 0.475. The molecule has 0 saturated carbocycles. The van der Waals surface area contributed by atoms with E-state index in [2.05, 4.69) is 15.5 Å². The molecule has 2 N–H and O–H groups in total. The molecule has 0 unspecified atom stereocenters. The fourth-order valence-corrected chi connectivity index (χ4v) is 3.17. The van der Waals surface area contributed by atoms with Gasteiger partial charge in [0.1, 0.15) is 5.75 Å². The van der Waals surface area contributed by atoms with Gasteiger partial charge in [-0.1, -0.05) is 30.3 Å². The smallest absolute Gasteiger partial charge is 0.332 e. The average Bonchev–Trinajstić information content (AvgIpc) is 3.08. The van der Waals surface area contributed by atoms with Gasteiger partial charge in [-0.3, -0.25) is 13.9 Å². The first-order valence-electron chi connectivity index (χ1n) is 9.24. The molecule has 0 saturated heterocycles. The molecule has 2 aromatic carbocycles. The molecule has 0 atom stereocenters. The topological polar surface area (TPSA) is 106 Å². The monoisotopic (exact) mass is 404 g/mol. The van der Waals surface area contributed by atoms with Gasteiger partial charge < -0.3 is 9.67 Å². The molecule has 0 fully saturated rings. The van der Waals surface area contributed by atoms with E-state index in [0.29, 0.717) is 11.5 Å². The Morgan fingerprint density at radius 2 is 1.73 bits per heavy atom. The van der Waals surface area contributed by atoms with Crippen molar-refractivity contribution in [3.63, 3.8) is 0 Å². The summed E-state index contributed by atoms with van der Waals surface area (Å²) in [5.74, 6) is 0.493. The Kier molecular flexibility index (Phi) is 4.93. The van der Waals surface area contributed by atoms with Gasteiger partial charge >= 0.3 is 5.69 Å². The van der Waals surface area contributed by atoms with Gasteiger partial charge in [0.2, 0.25) is 5.95 Å². The van der Waals surface area contributed by atoms with E-state index < -0.39 is 11.2 Å². The van der Waals surface area contributed by atoms with Gasteiger partial charge in [0.05, 0.1) is 12.8 Å². The SMILES string of the molecule is Cn1c(NN=Cc2ccc(O)cc2)nc2c1c(=O)n(Cc1ccccc1)c(=O)n2C. The van der Waals surface area contributed by atoms with Crippen LogP contribution in [0, 0.1) is 0 Å². The molecule has 0 aliphatic rings. The van der Waals surface area contributed by atoms with Gasteiger partial charge in [-0.2, -0.15) is 10.1 Å². The van der Waals surface area contributed by atoms with E-state index in [0.717, 1.165) is 11.1 Å². The molecule has 4 rings (SSSR count). The normalized spacial score (nSPS) is 11.4. The number of imidazole rings is 1. The Morgan fingerprint density at radius 3 is 2.43 bits per heavy atom. The van der Waals surface area contributed by atoms with Crippen LogP contribution in [0.2, 0.25) is 0 Å². The molecule has 0 aliphatic carbocycles. The third kappa shape index (κ3) is 3.48. The highest BCUT2D eigenvalue weighted by Crippen LogP contribution is 2.14. The minimum Gasteiger partial charge on any atom is -0.508 e. The minimum atomic E-state index is -0.436. The van der Waals surface area contributed by atoms with Crippen LogP contribution in [0.4, 0.5) is 5.95 Å². The summed E-state index contributed by atoms with van der Waals surface area (Å²) in [5.41, 5.74) is 4.16. The third-order valence-electron chi connectivity index (χ3n) is 4.81. The number of aryl methyl sites for hydroxylation is 2. The zero-order valence-electron chi connectivity index (χ0n) is 16.5. The van der Waals surface area contributed by atoms with E-state index in [9.17, 15) is 14.7 Å². The molecule has 2 heterocycles. The largest absolute Gasteiger partial charge is 0.508 e. The maximum atomic E-state index is 13.1. The zero-order chi connectivity index (χ0) is 21.3. The molecule has 0 spiro atoms. The summed E-state index contributed by atoms with van der Waals surface area (Å²) in [6, 6.07) is 15.9. The van der Waals surface area contributed by atoms with Gasteiger partial charge in [0.25, 0.3) is 5.56 Å². The molecule has 0 bridgehead atoms. The van der Waals surface area contributed by atoms with Crippen LogP contribution in [0.25, 0.3) is 11.2 Å². The summed E-state index contributed by atoms with van der Waals surface area (Å²) >= 11 is 0. The van der Waals surface area contributed by atoms with E-state index in [-0.39, 0.29) is 17.9 Å². The van der Waals surface area contributed by atoms with Crippen molar-refractivity contribution in [1.82, 2.24) is 18.7 Å². The van der Waals surface area contributed by atoms with Crippen LogP contribution >= 0.6 is 0 Å². The number of nitrogens with zero attached hydrogens (tertiary/aromatic N) is 5. The van der Waals surface area contributed by atoms with Crippen molar-refractivity contribution >= 4 is 23.3 Å². The highest BCUT2D eigenvalue weighted by atomic mass is 16.3. The van der Waals surface area contributed by atoms with Crippen molar-refractivity contribution in [1.29, 1.82) is 0 Å². The number of aromatic nitrogens is 4. The summed E-state index contributed by atoms with van der Waals surface area (Å²) in [6.07, 6.45) is 1.56. The second kappa shape index (κ2) is 7.70. The van der Waals surface area contributed by atoms with Crippen LogP contribution in [-0.2, 0) is 20.6 Å². The quantitative estimate of drug-likeness (QED) is 0.388. The van der Waals surface area contributed by atoms with Crippen molar-refractivity contribution < 1.29 is 5.11 Å². The number of hydrazone groups is 1. The van der Waals surface area contributed by atoms with Crippen LogP contribution in [0.1, 0.15) is 11.1 Å². The van der Waals surface area contributed by atoms with Gasteiger partial charge in [0, 0.05) is 14.1 Å². The number of anilines is 1. The molecule has 2 aromatic heterocycles. The molecule has 0 aliphatic heterocycles. The molecular formula is C21H20N6O3. The molecule has 9 heteroatoms. The minimum absolute atomic E-state index is 0.170. The molecule has 152 valence electrons. The van der Waals surface area contributed by atoms with E-state index in [1.165, 1.54) is 9.13 Å². The molecular weight excluding hydrogens is 384 g/mol. The second-order valence-electron chi connectivity index (χ2n) is 6.85. The number of hydrogen-bond donors (Lipinski definition) is 2. The van der Waals surface area contributed by atoms with E-state index in [1.54, 1.807) is 49.1 Å². The molecule has 30 heavy (non-hydrogen) atoms. The number of fused-ring (bicyclic) bond motifs is 1. The Bertz CT molecular complexity index is 1350. The van der Waals surface area contributed by atoms with Crippen molar-refractivity contribution in [2.45, 2.75) is 6.54 Å². The Labute approximate surface area is 171 Å². The Hall–Kier alpha value is -4.14. The number of hydrogen-bond acceptors (Lipinski definition) is 6. The molecule has 9 nitrogen and oxygen atoms in total. The molecule has 4 aromatic rings. The highest BCUT2D eigenvalue weighted by Gasteiger charge is 2.18. The van der Waals surface area contributed by atoms with Crippen LogP contribution in [-0.4, -0.2) is 30.0 Å². The number of phenols is 1. The van der Waals surface area contributed by atoms with Gasteiger partial charge in [0.15, 0.2) is 11.2 Å². The number of rotatable bonds is 5. The maximum Gasteiger partial charge on any atom is 0.332 e. The first kappa shape index (κ1) is 19.2. The summed E-state index contributed by atoms with van der Waals surface area (Å²) in [5, 5.41) is 13.5. The van der Waals surface area contributed by atoms with E-state index in [1.807, 2.05) is 30.3 Å². The van der Waals surface area contributed by atoms with Crippen molar-refractivity contribution in [3.05, 3.63) is 86.6 Å². The summed E-state index contributed by atoms with van der Waals surface area (Å²) < 4.78 is 4.13. The van der Waals surface area contributed by atoms with Gasteiger partial charge in [-0.05, 0) is 35.4 Å². The lowest BCUT2D eigenvalue weighted by atomic mass is 10.2. The van der Waals surface area contributed by atoms with Crippen molar-refractivity contribution in [2.75, 3.05) is 5.43 Å². The van der Waals surface area contributed by atoms with E-state index >= 15 is 0 Å². The highest BCUT2D eigenvalue weighted by molar-refractivity contribution is 5.80. The first-order valence-corrected chi connectivity index (χ1v) is 9.24. The zero-order valence-corrected chi connectivity index (χ0v) is 16.5. The average molecular weight is 404 g/mol. The lowest BCUT2D eigenvalue weighted by Crippen LogP contribution is -2.39. The third-order valence-corrected chi connectivity index (χ3v) is 4.81. The fraction of sp³-hybridized carbons (Fsp3) is 0.143. The summed E-state index contributed by atoms with van der Waals surface area (Å²) in [6.45, 7) is 0.176. The van der Waals surface area contributed by atoms with Crippen molar-refractivity contribution in [3.8, 4) is 5.75 Å².